The second-order valence-electron chi connectivity index (χ2n) is 8.79. The summed E-state index contributed by atoms with van der Waals surface area (Å²) < 4.78 is 10.9. The van der Waals surface area contributed by atoms with Crippen molar-refractivity contribution in [3.05, 3.63) is 22.8 Å². The fraction of sp³-hybridized carbons (Fsp3) is 0.762. The van der Waals surface area contributed by atoms with Gasteiger partial charge >= 0.3 is 0 Å². The smallest absolute Gasteiger partial charge is 0.187 e. The Morgan fingerprint density at radius 3 is 2.59 bits per heavy atom. The first-order chi connectivity index (χ1) is 13.6. The molecule has 0 radical (unpaired) electrons. The van der Waals surface area contributed by atoms with Gasteiger partial charge in [-0.15, -0.1) is 0 Å². The first-order valence-corrected chi connectivity index (χ1v) is 10.1. The Balaban J connectivity index is 1.75. The van der Waals surface area contributed by atoms with Crippen molar-refractivity contribution in [2.45, 2.75) is 76.8 Å². The lowest BCUT2D eigenvalue weighted by atomic mass is 9.58. The average molecular weight is 412 g/mol. The van der Waals surface area contributed by atoms with Gasteiger partial charge in [-0.2, -0.15) is 0 Å². The van der Waals surface area contributed by atoms with Crippen molar-refractivity contribution in [3.8, 4) is 0 Å². The highest BCUT2D eigenvalue weighted by molar-refractivity contribution is 6.06. The predicted octanol–water partition coefficient (Wildman–Crippen LogP) is -0.184. The molecule has 1 heterocycles. The fourth-order valence-electron chi connectivity index (χ4n) is 4.63. The molecular weight excluding hydrogens is 380 g/mol. The normalized spacial score (nSPS) is 44.9. The van der Waals surface area contributed by atoms with Crippen LogP contribution in [0.4, 0.5) is 0 Å². The molecule has 164 valence electrons. The van der Waals surface area contributed by atoms with Crippen LogP contribution in [0.25, 0.3) is 0 Å². The van der Waals surface area contributed by atoms with E-state index in [4.69, 9.17) is 9.47 Å². The highest BCUT2D eigenvalue weighted by Crippen LogP contribution is 2.51. The summed E-state index contributed by atoms with van der Waals surface area (Å²) in [5.41, 5.74) is 2.06. The highest BCUT2D eigenvalue weighted by atomic mass is 16.7. The molecule has 0 aromatic rings. The number of hydrogen-bond acceptors (Lipinski definition) is 8. The van der Waals surface area contributed by atoms with Crippen molar-refractivity contribution in [1.29, 1.82) is 0 Å². The zero-order valence-electron chi connectivity index (χ0n) is 17.1. The SMILES string of the molecule is C/C(CO[C@@H]1O[C@H](CO)[C@@H](O)[C@H](O)[C@H]1O)=C1/C[C@@]2(C)C(=CC1=O)CC[C@@H](O)[C@@H]2C. The van der Waals surface area contributed by atoms with Crippen LogP contribution in [0.5, 0.6) is 0 Å². The summed E-state index contributed by atoms with van der Waals surface area (Å²) in [5.74, 6) is -0.0549. The van der Waals surface area contributed by atoms with Crippen LogP contribution in [0.3, 0.4) is 0 Å². The lowest BCUT2D eigenvalue weighted by molar-refractivity contribution is -0.299. The molecule has 29 heavy (non-hydrogen) atoms. The minimum absolute atomic E-state index is 0.0139. The summed E-state index contributed by atoms with van der Waals surface area (Å²) >= 11 is 0. The molecular formula is C21H32O8. The van der Waals surface area contributed by atoms with E-state index < -0.39 is 43.4 Å². The van der Waals surface area contributed by atoms with Crippen LogP contribution in [0, 0.1) is 11.3 Å². The van der Waals surface area contributed by atoms with Gasteiger partial charge in [0.25, 0.3) is 0 Å². The van der Waals surface area contributed by atoms with E-state index in [2.05, 4.69) is 6.92 Å². The van der Waals surface area contributed by atoms with Gasteiger partial charge < -0.3 is 35.0 Å². The van der Waals surface area contributed by atoms with Gasteiger partial charge in [0.15, 0.2) is 12.1 Å². The number of rotatable bonds is 4. The van der Waals surface area contributed by atoms with Gasteiger partial charge in [-0.3, -0.25) is 4.79 Å². The molecule has 1 aliphatic heterocycles. The lowest BCUT2D eigenvalue weighted by Gasteiger charge is -2.47. The Labute approximate surface area is 170 Å². The molecule has 0 unspecified atom stereocenters. The van der Waals surface area contributed by atoms with Crippen LogP contribution >= 0.6 is 0 Å². The molecule has 1 saturated carbocycles. The maximum atomic E-state index is 12.7. The first-order valence-electron chi connectivity index (χ1n) is 10.1. The topological polar surface area (TPSA) is 137 Å². The van der Waals surface area contributed by atoms with E-state index >= 15 is 0 Å². The lowest BCUT2D eigenvalue weighted by Crippen LogP contribution is -2.59. The maximum Gasteiger partial charge on any atom is 0.187 e. The molecule has 3 aliphatic rings. The molecule has 5 N–H and O–H groups in total. The Hall–Kier alpha value is -1.13. The number of hydrogen-bond donors (Lipinski definition) is 5. The van der Waals surface area contributed by atoms with Gasteiger partial charge in [0.05, 0.1) is 19.3 Å². The van der Waals surface area contributed by atoms with E-state index in [1.165, 1.54) is 0 Å². The predicted molar refractivity (Wildman–Crippen MR) is 103 cm³/mol. The van der Waals surface area contributed by atoms with Crippen molar-refractivity contribution in [2.75, 3.05) is 13.2 Å². The molecule has 8 heteroatoms. The van der Waals surface area contributed by atoms with E-state index in [1.54, 1.807) is 13.0 Å². The Bertz CT molecular complexity index is 699. The van der Waals surface area contributed by atoms with E-state index in [0.717, 1.165) is 5.57 Å². The number of carbonyl (C=O) groups is 1. The van der Waals surface area contributed by atoms with Crippen LogP contribution in [0.15, 0.2) is 22.8 Å². The molecule has 2 fully saturated rings. The molecule has 2 aliphatic carbocycles. The molecule has 0 aromatic carbocycles. The van der Waals surface area contributed by atoms with Crippen molar-refractivity contribution >= 4 is 5.78 Å². The van der Waals surface area contributed by atoms with Crippen molar-refractivity contribution in [3.63, 3.8) is 0 Å². The summed E-state index contributed by atoms with van der Waals surface area (Å²) in [5, 5.41) is 49.4. The van der Waals surface area contributed by atoms with Crippen LogP contribution in [0.2, 0.25) is 0 Å². The van der Waals surface area contributed by atoms with E-state index in [9.17, 15) is 30.3 Å². The summed E-state index contributed by atoms with van der Waals surface area (Å²) in [6.07, 6.45) is -3.58. The standard InChI is InChI=1S/C21H32O8/c1-10(9-28-20-19(27)18(26)17(25)16(8-22)29-20)13-7-21(3)11(2)14(23)5-4-12(21)6-15(13)24/h6,11,14,16-20,22-23,25-27H,4-5,7-9H2,1-3H3/b13-10+/t11-,14+,16+,17+,18-,19+,20+,21+/m0/s1. The highest BCUT2D eigenvalue weighted by Gasteiger charge is 2.46. The van der Waals surface area contributed by atoms with Crippen molar-refractivity contribution in [1.82, 2.24) is 0 Å². The molecule has 3 rings (SSSR count). The Kier molecular flexibility index (Phi) is 6.65. The summed E-state index contributed by atoms with van der Waals surface area (Å²) in [4.78, 5) is 12.7. The fourth-order valence-corrected chi connectivity index (χ4v) is 4.63. The third kappa shape index (κ3) is 4.07. The van der Waals surface area contributed by atoms with Crippen molar-refractivity contribution < 1.29 is 39.8 Å². The van der Waals surface area contributed by atoms with Gasteiger partial charge in [-0.1, -0.05) is 19.4 Å². The number of carbonyl (C=O) groups excluding carboxylic acids is 1. The second-order valence-corrected chi connectivity index (χ2v) is 8.79. The zero-order valence-corrected chi connectivity index (χ0v) is 17.1. The monoisotopic (exact) mass is 412 g/mol. The Morgan fingerprint density at radius 1 is 1.24 bits per heavy atom. The van der Waals surface area contributed by atoms with Crippen LogP contribution in [0.1, 0.15) is 40.0 Å². The third-order valence-corrected chi connectivity index (χ3v) is 7.00. The van der Waals surface area contributed by atoms with Gasteiger partial charge in [0.2, 0.25) is 0 Å². The van der Waals surface area contributed by atoms with Crippen LogP contribution in [-0.4, -0.2) is 81.3 Å². The summed E-state index contributed by atoms with van der Waals surface area (Å²) in [6, 6.07) is 0. The van der Waals surface area contributed by atoms with Gasteiger partial charge in [-0.25, -0.2) is 0 Å². The zero-order chi connectivity index (χ0) is 21.5. The van der Waals surface area contributed by atoms with Crippen LogP contribution < -0.4 is 0 Å². The molecule has 1 saturated heterocycles. The first kappa shape index (κ1) is 22.6. The molecule has 0 bridgehead atoms. The number of fused-ring (bicyclic) bond motifs is 1. The van der Waals surface area contributed by atoms with Gasteiger partial charge in [0.1, 0.15) is 24.4 Å². The number of allylic oxidation sites excluding steroid dienone is 3. The number of aliphatic hydroxyl groups excluding tert-OH is 5. The van der Waals surface area contributed by atoms with E-state index in [1.807, 2.05) is 6.92 Å². The van der Waals surface area contributed by atoms with Gasteiger partial charge in [-0.05, 0) is 49.2 Å². The third-order valence-electron chi connectivity index (χ3n) is 7.00. The second kappa shape index (κ2) is 8.55. The summed E-state index contributed by atoms with van der Waals surface area (Å²) in [7, 11) is 0. The maximum absolute atomic E-state index is 12.7. The molecule has 0 amide bonds. The number of ether oxygens (including phenoxy) is 2. The molecule has 8 nitrogen and oxygen atoms in total. The van der Waals surface area contributed by atoms with E-state index in [-0.39, 0.29) is 23.7 Å². The Morgan fingerprint density at radius 2 is 1.93 bits per heavy atom. The minimum Gasteiger partial charge on any atom is -0.394 e. The number of aliphatic hydroxyl groups is 5. The largest absolute Gasteiger partial charge is 0.394 e. The number of ketones is 1. The summed E-state index contributed by atoms with van der Waals surface area (Å²) in [6.45, 7) is 5.30. The molecule has 8 atom stereocenters. The quantitative estimate of drug-likeness (QED) is 0.401. The van der Waals surface area contributed by atoms with Crippen molar-refractivity contribution in [2.24, 2.45) is 11.3 Å². The molecule has 0 spiro atoms. The van der Waals surface area contributed by atoms with Crippen LogP contribution in [-0.2, 0) is 14.3 Å². The van der Waals surface area contributed by atoms with Gasteiger partial charge in [0, 0.05) is 5.57 Å². The van der Waals surface area contributed by atoms with E-state index in [0.29, 0.717) is 30.4 Å². The molecule has 0 aromatic heterocycles. The minimum atomic E-state index is -1.51. The average Bonchev–Trinajstić information content (AvgIpc) is 2.70.